The Labute approximate surface area is 135 Å². The Balaban J connectivity index is 1.94. The lowest BCUT2D eigenvalue weighted by atomic mass is 10.0. The maximum atomic E-state index is 13.7. The summed E-state index contributed by atoms with van der Waals surface area (Å²) in [7, 11) is 0. The van der Waals surface area contributed by atoms with Crippen molar-refractivity contribution in [2.45, 2.75) is 13.1 Å². The molecule has 7 heteroatoms. The van der Waals surface area contributed by atoms with Crippen molar-refractivity contribution in [2.75, 3.05) is 0 Å². The normalized spacial score (nSPS) is 13.1. The molecule has 0 saturated heterocycles. The summed E-state index contributed by atoms with van der Waals surface area (Å²) in [6.45, 7) is 0.841. The van der Waals surface area contributed by atoms with Crippen LogP contribution in [0.15, 0.2) is 36.4 Å². The van der Waals surface area contributed by atoms with E-state index in [2.05, 4.69) is 15.6 Å². The van der Waals surface area contributed by atoms with Gasteiger partial charge in [0.25, 0.3) is 5.69 Å². The van der Waals surface area contributed by atoms with Crippen LogP contribution < -0.4 is 10.00 Å². The SMILES string of the molecule is O=Cc1ccccc1-c1n[nH][n+]2c1CNCc1cc(F)c(F)cc1-2. The van der Waals surface area contributed by atoms with Crippen molar-refractivity contribution in [3.05, 3.63) is 64.9 Å². The molecule has 2 N–H and O–H groups in total. The highest BCUT2D eigenvalue weighted by Gasteiger charge is 2.29. The van der Waals surface area contributed by atoms with Gasteiger partial charge in [-0.1, -0.05) is 23.4 Å². The van der Waals surface area contributed by atoms with E-state index in [1.807, 2.05) is 6.07 Å². The molecule has 0 bridgehead atoms. The second-order valence-corrected chi connectivity index (χ2v) is 5.55. The van der Waals surface area contributed by atoms with E-state index in [1.165, 1.54) is 6.07 Å². The summed E-state index contributed by atoms with van der Waals surface area (Å²) >= 11 is 0. The van der Waals surface area contributed by atoms with Crippen LogP contribution in [0.2, 0.25) is 0 Å². The maximum absolute atomic E-state index is 13.7. The molecular weight excluding hydrogens is 314 g/mol. The molecule has 0 aliphatic carbocycles. The van der Waals surface area contributed by atoms with Crippen LogP contribution in [0.1, 0.15) is 21.6 Å². The van der Waals surface area contributed by atoms with Crippen molar-refractivity contribution in [3.63, 3.8) is 0 Å². The number of aldehydes is 1. The van der Waals surface area contributed by atoms with Crippen molar-refractivity contribution in [1.29, 1.82) is 0 Å². The zero-order valence-corrected chi connectivity index (χ0v) is 12.5. The van der Waals surface area contributed by atoms with Crippen LogP contribution in [0.25, 0.3) is 16.9 Å². The molecule has 5 nitrogen and oxygen atoms in total. The van der Waals surface area contributed by atoms with Crippen molar-refractivity contribution < 1.29 is 18.3 Å². The molecule has 0 radical (unpaired) electrons. The molecule has 4 rings (SSSR count). The van der Waals surface area contributed by atoms with Gasteiger partial charge in [0.1, 0.15) is 0 Å². The Kier molecular flexibility index (Phi) is 3.42. The lowest BCUT2D eigenvalue weighted by Gasteiger charge is -2.03. The van der Waals surface area contributed by atoms with Crippen molar-refractivity contribution in [3.8, 4) is 16.9 Å². The van der Waals surface area contributed by atoms with Crippen LogP contribution >= 0.6 is 0 Å². The molecule has 120 valence electrons. The van der Waals surface area contributed by atoms with Gasteiger partial charge in [0.15, 0.2) is 29.3 Å². The molecule has 1 aromatic heterocycles. The van der Waals surface area contributed by atoms with Gasteiger partial charge in [-0.15, -0.1) is 4.68 Å². The number of H-pyrrole nitrogens is 1. The monoisotopic (exact) mass is 327 g/mol. The highest BCUT2D eigenvalue weighted by Crippen LogP contribution is 2.25. The van der Waals surface area contributed by atoms with Gasteiger partial charge in [0.2, 0.25) is 0 Å². The topological polar surface area (TPSA) is 61.7 Å². The van der Waals surface area contributed by atoms with Gasteiger partial charge < -0.3 is 5.32 Å². The number of aromatic amines is 1. The van der Waals surface area contributed by atoms with E-state index < -0.39 is 11.6 Å². The van der Waals surface area contributed by atoms with Crippen molar-refractivity contribution in [2.24, 2.45) is 0 Å². The molecule has 2 heterocycles. The molecule has 1 aliphatic rings. The smallest absolute Gasteiger partial charge is 0.254 e. The largest absolute Gasteiger partial charge is 0.305 e. The minimum absolute atomic E-state index is 0.400. The van der Waals surface area contributed by atoms with Crippen LogP contribution in [0.3, 0.4) is 0 Å². The first-order valence-electron chi connectivity index (χ1n) is 7.42. The van der Waals surface area contributed by atoms with Crippen molar-refractivity contribution in [1.82, 2.24) is 15.6 Å². The number of halogens is 2. The summed E-state index contributed by atoms with van der Waals surface area (Å²) in [4.78, 5) is 11.3. The summed E-state index contributed by atoms with van der Waals surface area (Å²) in [6, 6.07) is 9.44. The molecule has 0 spiro atoms. The zero-order valence-electron chi connectivity index (χ0n) is 12.5. The van der Waals surface area contributed by atoms with E-state index in [9.17, 15) is 13.6 Å². The molecule has 1 aliphatic heterocycles. The number of aromatic nitrogens is 3. The van der Waals surface area contributed by atoms with Crippen LogP contribution in [-0.2, 0) is 13.1 Å². The van der Waals surface area contributed by atoms with E-state index in [-0.39, 0.29) is 0 Å². The summed E-state index contributed by atoms with van der Waals surface area (Å²) in [5, 5.41) is 10.3. The molecule has 0 unspecified atom stereocenters. The van der Waals surface area contributed by atoms with E-state index in [0.717, 1.165) is 18.0 Å². The number of fused-ring (bicyclic) bond motifs is 3. The van der Waals surface area contributed by atoms with Gasteiger partial charge >= 0.3 is 0 Å². The van der Waals surface area contributed by atoms with E-state index in [0.29, 0.717) is 41.2 Å². The lowest BCUT2D eigenvalue weighted by Crippen LogP contribution is -2.37. The molecule has 24 heavy (non-hydrogen) atoms. The average molecular weight is 327 g/mol. The lowest BCUT2D eigenvalue weighted by molar-refractivity contribution is -0.666. The third-order valence-corrected chi connectivity index (χ3v) is 4.12. The fraction of sp³-hybridized carbons (Fsp3) is 0.118. The number of rotatable bonds is 2. The van der Waals surface area contributed by atoms with Crippen LogP contribution in [-0.4, -0.2) is 16.6 Å². The predicted molar refractivity (Wildman–Crippen MR) is 81.4 cm³/mol. The summed E-state index contributed by atoms with van der Waals surface area (Å²) in [5.74, 6) is -1.80. The fourth-order valence-corrected chi connectivity index (χ4v) is 2.97. The molecule has 3 aromatic rings. The van der Waals surface area contributed by atoms with Gasteiger partial charge in [0, 0.05) is 34.4 Å². The maximum Gasteiger partial charge on any atom is 0.254 e. The first kappa shape index (κ1) is 14.6. The van der Waals surface area contributed by atoms with Crippen LogP contribution in [0, 0.1) is 11.6 Å². The van der Waals surface area contributed by atoms with E-state index >= 15 is 0 Å². The molecule has 2 aromatic carbocycles. The number of nitrogens with one attached hydrogen (secondary N) is 2. The Bertz CT molecular complexity index is 952. The third kappa shape index (κ3) is 2.21. The first-order chi connectivity index (χ1) is 11.7. The van der Waals surface area contributed by atoms with Gasteiger partial charge in [-0.25, -0.2) is 8.78 Å². The molecule has 0 amide bonds. The highest BCUT2D eigenvalue weighted by atomic mass is 19.2. The Hall–Kier alpha value is -2.93. The standard InChI is InChI=1S/C17H12F2N4O/c18-13-5-11-7-20-8-16-17(12-4-2-1-3-10(12)9-24)21-22-23(16)15(11)6-14(13)19/h1-6,9,20H,7-8H2/p+1. The molecule has 0 fully saturated rings. The second-order valence-electron chi connectivity index (χ2n) is 5.55. The molecular formula is C17H13F2N4O+. The number of carbonyl (C=O) groups excluding carboxylic acids is 1. The summed E-state index contributed by atoms with van der Waals surface area (Å²) in [6.07, 6.45) is 0.772. The fourth-order valence-electron chi connectivity index (χ4n) is 2.97. The van der Waals surface area contributed by atoms with E-state index in [1.54, 1.807) is 22.9 Å². The van der Waals surface area contributed by atoms with Crippen LogP contribution in [0.4, 0.5) is 8.78 Å². The van der Waals surface area contributed by atoms with E-state index in [4.69, 9.17) is 0 Å². The quantitative estimate of drug-likeness (QED) is 0.559. The van der Waals surface area contributed by atoms with Gasteiger partial charge in [-0.05, 0) is 12.1 Å². The number of nitrogens with zero attached hydrogens (tertiary/aromatic N) is 2. The Morgan fingerprint density at radius 2 is 1.92 bits per heavy atom. The van der Waals surface area contributed by atoms with Gasteiger partial charge in [-0.3, -0.25) is 4.79 Å². The average Bonchev–Trinajstić information content (AvgIpc) is 2.93. The zero-order chi connectivity index (χ0) is 16.7. The number of carbonyl (C=O) groups is 1. The van der Waals surface area contributed by atoms with Gasteiger partial charge in [-0.2, -0.15) is 0 Å². The summed E-state index contributed by atoms with van der Waals surface area (Å²) in [5.41, 5.74) is 3.66. The third-order valence-electron chi connectivity index (χ3n) is 4.12. The Morgan fingerprint density at radius 1 is 1.12 bits per heavy atom. The Morgan fingerprint density at radius 3 is 2.75 bits per heavy atom. The van der Waals surface area contributed by atoms with Gasteiger partial charge in [0.05, 0.1) is 6.54 Å². The number of hydrogen-bond donors (Lipinski definition) is 2. The predicted octanol–water partition coefficient (Wildman–Crippen LogP) is 2.05. The minimum Gasteiger partial charge on any atom is -0.305 e. The number of benzene rings is 2. The second kappa shape index (κ2) is 5.61. The van der Waals surface area contributed by atoms with Crippen LogP contribution in [0.5, 0.6) is 0 Å². The minimum atomic E-state index is -0.918. The molecule has 0 atom stereocenters. The molecule has 0 saturated carbocycles. The summed E-state index contributed by atoms with van der Waals surface area (Å²) < 4.78 is 28.8. The first-order valence-corrected chi connectivity index (χ1v) is 7.42. The van der Waals surface area contributed by atoms with Crippen molar-refractivity contribution >= 4 is 6.29 Å². The number of hydrogen-bond acceptors (Lipinski definition) is 3. The highest BCUT2D eigenvalue weighted by molar-refractivity contribution is 5.86.